The van der Waals surface area contributed by atoms with E-state index in [-0.39, 0.29) is 25.1 Å². The molecule has 0 radical (unpaired) electrons. The van der Waals surface area contributed by atoms with Gasteiger partial charge in [-0.1, -0.05) is 19.1 Å². The van der Waals surface area contributed by atoms with E-state index >= 15 is 0 Å². The molecular weight excluding hydrogens is 356 g/mol. The van der Waals surface area contributed by atoms with Crippen molar-refractivity contribution in [3.63, 3.8) is 0 Å². The van der Waals surface area contributed by atoms with Crippen molar-refractivity contribution in [3.05, 3.63) is 53.9 Å². The molecule has 140 valence electrons. The lowest BCUT2D eigenvalue weighted by molar-refractivity contribution is 0.0704. The average molecular weight is 373 g/mol. The summed E-state index contributed by atoms with van der Waals surface area (Å²) in [5.74, 6) is 0.613. The molecule has 0 bridgehead atoms. The van der Waals surface area contributed by atoms with Crippen molar-refractivity contribution in [1.29, 1.82) is 0 Å². The number of rotatable bonds is 5. The van der Waals surface area contributed by atoms with E-state index in [1.54, 1.807) is 49.4 Å². The molecule has 1 aliphatic rings. The number of hydrogen-bond acceptors (Lipinski definition) is 4. The van der Waals surface area contributed by atoms with Gasteiger partial charge in [0.2, 0.25) is 6.79 Å². The summed E-state index contributed by atoms with van der Waals surface area (Å²) in [6, 6.07) is 11.6. The number of halogens is 2. The molecule has 4 rings (SSSR count). The van der Waals surface area contributed by atoms with E-state index in [1.165, 1.54) is 0 Å². The molecular formula is C19H17F2N3O3. The van der Waals surface area contributed by atoms with E-state index in [0.717, 1.165) is 4.57 Å². The predicted molar refractivity (Wildman–Crippen MR) is 94.3 cm³/mol. The Morgan fingerprint density at radius 1 is 1.22 bits per heavy atom. The lowest BCUT2D eigenvalue weighted by atomic mass is 10.1. The summed E-state index contributed by atoms with van der Waals surface area (Å²) in [6.45, 7) is -0.663. The van der Waals surface area contributed by atoms with E-state index in [9.17, 15) is 13.6 Å². The predicted octanol–water partition coefficient (Wildman–Crippen LogP) is 3.69. The van der Waals surface area contributed by atoms with Crippen LogP contribution in [0, 0.1) is 0 Å². The Morgan fingerprint density at radius 2 is 2.00 bits per heavy atom. The maximum Gasteiger partial charge on any atom is 0.320 e. The minimum atomic E-state index is -2.71. The lowest BCUT2D eigenvalue weighted by Gasteiger charge is -2.15. The van der Waals surface area contributed by atoms with Crippen LogP contribution in [0.4, 0.5) is 8.78 Å². The highest BCUT2D eigenvalue weighted by Crippen LogP contribution is 2.32. The quantitative estimate of drug-likeness (QED) is 0.741. The van der Waals surface area contributed by atoms with Gasteiger partial charge in [0, 0.05) is 18.0 Å². The number of imidazole rings is 1. The third-order valence-electron chi connectivity index (χ3n) is 4.46. The molecule has 1 unspecified atom stereocenters. The van der Waals surface area contributed by atoms with Gasteiger partial charge in [-0.2, -0.15) is 8.78 Å². The summed E-state index contributed by atoms with van der Waals surface area (Å²) in [6.07, 6.45) is 0. The van der Waals surface area contributed by atoms with Crippen molar-refractivity contribution in [3.8, 4) is 11.5 Å². The standard InChI is InChI=1S/C19H17F2N3O3/c1-11(17-23-13-4-2-3-5-14(13)24(17)19(20)21)9-22-18(25)12-6-7-15-16(8-12)27-10-26-15/h2-8,11,19H,9-10H2,1H3,(H,22,25). The third-order valence-corrected chi connectivity index (χ3v) is 4.46. The zero-order valence-electron chi connectivity index (χ0n) is 14.5. The van der Waals surface area contributed by atoms with E-state index in [1.807, 2.05) is 0 Å². The Kier molecular flexibility index (Phi) is 4.39. The number of alkyl halides is 2. The molecule has 0 saturated carbocycles. The fourth-order valence-electron chi connectivity index (χ4n) is 3.09. The number of ether oxygens (including phenoxy) is 2. The third kappa shape index (κ3) is 3.18. The molecule has 27 heavy (non-hydrogen) atoms. The second-order valence-corrected chi connectivity index (χ2v) is 6.29. The minimum absolute atomic E-state index is 0.126. The molecule has 1 aliphatic heterocycles. The van der Waals surface area contributed by atoms with Crippen molar-refractivity contribution in [2.75, 3.05) is 13.3 Å². The van der Waals surface area contributed by atoms with Crippen LogP contribution in [0.2, 0.25) is 0 Å². The van der Waals surface area contributed by atoms with E-state index in [2.05, 4.69) is 10.3 Å². The summed E-state index contributed by atoms with van der Waals surface area (Å²) in [4.78, 5) is 16.7. The van der Waals surface area contributed by atoms with Gasteiger partial charge in [0.05, 0.1) is 11.0 Å². The Hall–Kier alpha value is -3.16. The first-order valence-corrected chi connectivity index (χ1v) is 8.47. The molecule has 2 aromatic carbocycles. The molecule has 1 aromatic heterocycles. The number of carbonyl (C=O) groups excluding carboxylic acids is 1. The Balaban J connectivity index is 1.51. The minimum Gasteiger partial charge on any atom is -0.454 e. The van der Waals surface area contributed by atoms with Crippen LogP contribution in [-0.4, -0.2) is 28.8 Å². The monoisotopic (exact) mass is 373 g/mol. The summed E-state index contributed by atoms with van der Waals surface area (Å²) in [7, 11) is 0. The van der Waals surface area contributed by atoms with Gasteiger partial charge in [-0.25, -0.2) is 4.98 Å². The molecule has 0 saturated heterocycles. The lowest BCUT2D eigenvalue weighted by Crippen LogP contribution is -2.28. The number of benzene rings is 2. The molecule has 1 amide bonds. The molecule has 0 aliphatic carbocycles. The van der Waals surface area contributed by atoms with Gasteiger partial charge in [0.15, 0.2) is 11.5 Å². The van der Waals surface area contributed by atoms with Crippen LogP contribution in [0.5, 0.6) is 11.5 Å². The molecule has 0 fully saturated rings. The van der Waals surface area contributed by atoms with Crippen LogP contribution >= 0.6 is 0 Å². The van der Waals surface area contributed by atoms with Crippen LogP contribution in [0.15, 0.2) is 42.5 Å². The summed E-state index contributed by atoms with van der Waals surface area (Å²) in [5, 5.41) is 2.77. The highest BCUT2D eigenvalue weighted by Gasteiger charge is 2.22. The van der Waals surface area contributed by atoms with Crippen LogP contribution in [0.3, 0.4) is 0 Å². The highest BCUT2D eigenvalue weighted by molar-refractivity contribution is 5.95. The molecule has 3 aromatic rings. The smallest absolute Gasteiger partial charge is 0.320 e. The second-order valence-electron chi connectivity index (χ2n) is 6.29. The topological polar surface area (TPSA) is 65.4 Å². The Bertz CT molecular complexity index is 1000. The molecule has 8 heteroatoms. The van der Waals surface area contributed by atoms with Gasteiger partial charge in [0.25, 0.3) is 5.91 Å². The fourth-order valence-corrected chi connectivity index (χ4v) is 3.09. The maximum atomic E-state index is 13.6. The van der Waals surface area contributed by atoms with Crippen molar-refractivity contribution >= 4 is 16.9 Å². The summed E-state index contributed by atoms with van der Waals surface area (Å²) < 4.78 is 38.5. The number of nitrogens with zero attached hydrogens (tertiary/aromatic N) is 2. The number of fused-ring (bicyclic) bond motifs is 2. The summed E-state index contributed by atoms with van der Waals surface area (Å²) >= 11 is 0. The first-order chi connectivity index (χ1) is 13.0. The first-order valence-electron chi connectivity index (χ1n) is 8.47. The second kappa shape index (κ2) is 6.86. The summed E-state index contributed by atoms with van der Waals surface area (Å²) in [5.41, 5.74) is 1.28. The molecule has 6 nitrogen and oxygen atoms in total. The van der Waals surface area contributed by atoms with Gasteiger partial charge < -0.3 is 14.8 Å². The fraction of sp³-hybridized carbons (Fsp3) is 0.263. The Labute approximate surface area is 153 Å². The van der Waals surface area contributed by atoms with Crippen LogP contribution in [0.25, 0.3) is 11.0 Å². The highest BCUT2D eigenvalue weighted by atomic mass is 19.3. The number of carbonyl (C=O) groups is 1. The average Bonchev–Trinajstić information content (AvgIpc) is 3.29. The molecule has 1 atom stereocenters. The number of para-hydroxylation sites is 2. The van der Waals surface area contributed by atoms with E-state index in [4.69, 9.17) is 9.47 Å². The molecule has 1 N–H and O–H groups in total. The number of hydrogen-bond donors (Lipinski definition) is 1. The van der Waals surface area contributed by atoms with Crippen molar-refractivity contribution in [2.24, 2.45) is 0 Å². The van der Waals surface area contributed by atoms with Gasteiger partial charge in [-0.15, -0.1) is 0 Å². The van der Waals surface area contributed by atoms with Crippen molar-refractivity contribution in [2.45, 2.75) is 19.4 Å². The Morgan fingerprint density at radius 3 is 2.81 bits per heavy atom. The number of nitrogens with one attached hydrogen (secondary N) is 1. The normalized spacial score (nSPS) is 13.9. The van der Waals surface area contributed by atoms with E-state index in [0.29, 0.717) is 28.1 Å². The van der Waals surface area contributed by atoms with Gasteiger partial charge in [0.1, 0.15) is 5.82 Å². The van der Waals surface area contributed by atoms with Crippen molar-refractivity contribution < 1.29 is 23.0 Å². The molecule has 0 spiro atoms. The van der Waals surface area contributed by atoms with Crippen molar-refractivity contribution in [1.82, 2.24) is 14.9 Å². The number of aromatic nitrogens is 2. The van der Waals surface area contributed by atoms with Crippen LogP contribution < -0.4 is 14.8 Å². The van der Waals surface area contributed by atoms with Gasteiger partial charge >= 0.3 is 6.55 Å². The SMILES string of the molecule is CC(CNC(=O)c1ccc2c(c1)OCO2)c1nc2ccccc2n1C(F)F. The zero-order chi connectivity index (χ0) is 19.0. The van der Waals surface area contributed by atoms with Gasteiger partial charge in [-0.05, 0) is 30.3 Å². The zero-order valence-corrected chi connectivity index (χ0v) is 14.5. The van der Waals surface area contributed by atoms with E-state index < -0.39 is 12.5 Å². The number of amides is 1. The molecule has 2 heterocycles. The van der Waals surface area contributed by atoms with Gasteiger partial charge in [-0.3, -0.25) is 9.36 Å². The largest absolute Gasteiger partial charge is 0.454 e. The maximum absolute atomic E-state index is 13.6. The van der Waals surface area contributed by atoms with Crippen LogP contribution in [0.1, 0.15) is 35.6 Å². The first kappa shape index (κ1) is 17.3. The van der Waals surface area contributed by atoms with Crippen LogP contribution in [-0.2, 0) is 0 Å².